The topological polar surface area (TPSA) is 3.24 Å². The molecule has 0 bridgehead atoms. The summed E-state index contributed by atoms with van der Waals surface area (Å²) in [5.41, 5.74) is 13.7. The highest BCUT2D eigenvalue weighted by molar-refractivity contribution is 7.25. The number of anilines is 3. The Morgan fingerprint density at radius 1 is 0.438 bits per heavy atom. The molecule has 1 aromatic heterocycles. The van der Waals surface area contributed by atoms with Crippen LogP contribution in [-0.4, -0.2) is 0 Å². The zero-order chi connectivity index (χ0) is 32.5. The fourth-order valence-electron chi connectivity index (χ4n) is 7.08. The molecule has 1 nitrogen and oxygen atoms in total. The number of thiophene rings is 1. The maximum absolute atomic E-state index is 2.42. The lowest BCUT2D eigenvalue weighted by atomic mass is 9.90. The Morgan fingerprint density at radius 3 is 1.56 bits per heavy atom. The van der Waals surface area contributed by atoms with Gasteiger partial charge in [0.15, 0.2) is 0 Å². The van der Waals surface area contributed by atoms with Crippen molar-refractivity contribution in [3.05, 3.63) is 175 Å². The summed E-state index contributed by atoms with van der Waals surface area (Å²) in [7, 11) is 0. The molecule has 0 saturated heterocycles. The number of aryl methyl sites for hydroxylation is 2. The molecule has 8 aromatic rings. The first kappa shape index (κ1) is 29.9. The van der Waals surface area contributed by atoms with E-state index >= 15 is 0 Å². The van der Waals surface area contributed by atoms with Crippen molar-refractivity contribution in [1.82, 2.24) is 0 Å². The van der Waals surface area contributed by atoms with Gasteiger partial charge in [-0.1, -0.05) is 129 Å². The van der Waals surface area contributed by atoms with Crippen molar-refractivity contribution in [2.75, 3.05) is 4.90 Å². The zero-order valence-corrected chi connectivity index (χ0v) is 28.2. The molecule has 2 heteroatoms. The Balaban J connectivity index is 1.29. The van der Waals surface area contributed by atoms with E-state index in [1.54, 1.807) is 0 Å². The fourth-order valence-corrected chi connectivity index (χ4v) is 8.22. The molecule has 0 fully saturated rings. The molecule has 1 heterocycles. The average molecular weight is 636 g/mol. The first-order valence-corrected chi connectivity index (χ1v) is 17.7. The van der Waals surface area contributed by atoms with Gasteiger partial charge in [0.05, 0.1) is 0 Å². The Kier molecular flexibility index (Phi) is 8.10. The van der Waals surface area contributed by atoms with Gasteiger partial charge in [0, 0.05) is 37.2 Å². The van der Waals surface area contributed by atoms with E-state index in [0.29, 0.717) is 0 Å². The third-order valence-corrected chi connectivity index (χ3v) is 10.6. The van der Waals surface area contributed by atoms with Crippen molar-refractivity contribution < 1.29 is 0 Å². The van der Waals surface area contributed by atoms with E-state index in [-0.39, 0.29) is 0 Å². The van der Waals surface area contributed by atoms with Gasteiger partial charge >= 0.3 is 0 Å². The van der Waals surface area contributed by atoms with E-state index in [1.165, 1.54) is 64.7 Å². The molecule has 0 unspecified atom stereocenters. The Morgan fingerprint density at radius 2 is 0.979 bits per heavy atom. The molecule has 0 atom stereocenters. The molecule has 48 heavy (non-hydrogen) atoms. The van der Waals surface area contributed by atoms with Crippen LogP contribution in [0.4, 0.5) is 17.1 Å². The molecule has 0 amide bonds. The molecule has 0 aliphatic rings. The Bertz CT molecular complexity index is 2250. The highest BCUT2D eigenvalue weighted by atomic mass is 32.1. The largest absolute Gasteiger partial charge is 0.310 e. The van der Waals surface area contributed by atoms with Crippen LogP contribution < -0.4 is 4.90 Å². The van der Waals surface area contributed by atoms with Gasteiger partial charge in [-0.25, -0.2) is 0 Å². The summed E-state index contributed by atoms with van der Waals surface area (Å²) in [6.07, 6.45) is 1.95. The monoisotopic (exact) mass is 635 g/mol. The molecule has 0 aliphatic carbocycles. The van der Waals surface area contributed by atoms with Crippen molar-refractivity contribution in [3.8, 4) is 33.4 Å². The highest BCUT2D eigenvalue weighted by Gasteiger charge is 2.19. The third kappa shape index (κ3) is 5.49. The number of benzene rings is 7. The minimum Gasteiger partial charge on any atom is -0.310 e. The van der Waals surface area contributed by atoms with Crippen molar-refractivity contribution in [1.29, 1.82) is 0 Å². The van der Waals surface area contributed by atoms with Crippen LogP contribution in [0, 0.1) is 0 Å². The standard InChI is InChI=1S/C46H37NS/c1-3-32-19-28-39(31-43(32)41-29-30-45-46(40(41)4-2)42-17-11-12-18-44(42)48-45)47(37-24-20-35(21-25-37)33-13-7-5-8-14-33)38-26-22-36(23-27-38)34-15-9-6-10-16-34/h5-31H,3-4H2,1-2H3. The summed E-state index contributed by atoms with van der Waals surface area (Å²) < 4.78 is 2.72. The van der Waals surface area contributed by atoms with Crippen molar-refractivity contribution in [2.24, 2.45) is 0 Å². The second kappa shape index (κ2) is 13.0. The molecule has 8 rings (SSSR count). The lowest BCUT2D eigenvalue weighted by molar-refractivity contribution is 1.12. The minimum atomic E-state index is 0.971. The summed E-state index contributed by atoms with van der Waals surface area (Å²) in [6, 6.07) is 59.8. The molecule has 232 valence electrons. The number of hydrogen-bond donors (Lipinski definition) is 0. The van der Waals surface area contributed by atoms with Gasteiger partial charge in [0.1, 0.15) is 0 Å². The molecular formula is C46H37NS. The average Bonchev–Trinajstić information content (AvgIpc) is 3.55. The number of rotatable bonds is 8. The van der Waals surface area contributed by atoms with Crippen LogP contribution in [-0.2, 0) is 12.8 Å². The maximum Gasteiger partial charge on any atom is 0.0467 e. The summed E-state index contributed by atoms with van der Waals surface area (Å²) in [4.78, 5) is 2.40. The van der Waals surface area contributed by atoms with Gasteiger partial charge in [-0.15, -0.1) is 11.3 Å². The Hall–Kier alpha value is -5.44. The van der Waals surface area contributed by atoms with Gasteiger partial charge < -0.3 is 4.90 Å². The highest BCUT2D eigenvalue weighted by Crippen LogP contribution is 2.44. The SMILES string of the molecule is CCc1ccc(N(c2ccc(-c3ccccc3)cc2)c2ccc(-c3ccccc3)cc2)cc1-c1ccc2sc3ccccc3c2c1CC. The van der Waals surface area contributed by atoms with Crippen molar-refractivity contribution in [2.45, 2.75) is 26.7 Å². The number of hydrogen-bond acceptors (Lipinski definition) is 2. The van der Waals surface area contributed by atoms with E-state index in [1.807, 2.05) is 11.3 Å². The lowest BCUT2D eigenvalue weighted by Gasteiger charge is -2.27. The van der Waals surface area contributed by atoms with Crippen LogP contribution >= 0.6 is 11.3 Å². The van der Waals surface area contributed by atoms with Crippen LogP contribution in [0.5, 0.6) is 0 Å². The molecule has 0 radical (unpaired) electrons. The number of nitrogens with zero attached hydrogens (tertiary/aromatic N) is 1. The molecule has 0 N–H and O–H groups in total. The van der Waals surface area contributed by atoms with Crippen molar-refractivity contribution >= 4 is 48.6 Å². The maximum atomic E-state index is 2.42. The summed E-state index contributed by atoms with van der Waals surface area (Å²) >= 11 is 1.90. The van der Waals surface area contributed by atoms with Gasteiger partial charge in [0.25, 0.3) is 0 Å². The van der Waals surface area contributed by atoms with E-state index in [4.69, 9.17) is 0 Å². The molecule has 0 saturated carbocycles. The van der Waals surface area contributed by atoms with E-state index in [0.717, 1.165) is 29.9 Å². The summed E-state index contributed by atoms with van der Waals surface area (Å²) in [5.74, 6) is 0. The quantitative estimate of drug-likeness (QED) is 0.161. The predicted octanol–water partition coefficient (Wildman–Crippen LogP) is 13.7. The summed E-state index contributed by atoms with van der Waals surface area (Å²) in [5, 5.41) is 2.77. The van der Waals surface area contributed by atoms with Gasteiger partial charge in [0.2, 0.25) is 0 Å². The molecular weight excluding hydrogens is 599 g/mol. The van der Waals surface area contributed by atoms with Crippen LogP contribution in [0.25, 0.3) is 53.6 Å². The normalized spacial score (nSPS) is 11.3. The van der Waals surface area contributed by atoms with Crippen molar-refractivity contribution in [3.63, 3.8) is 0 Å². The zero-order valence-electron chi connectivity index (χ0n) is 27.4. The smallest absolute Gasteiger partial charge is 0.0467 e. The molecule has 0 aliphatic heterocycles. The fraction of sp³-hybridized carbons (Fsp3) is 0.0870. The second-order valence-electron chi connectivity index (χ2n) is 12.3. The lowest BCUT2D eigenvalue weighted by Crippen LogP contribution is -2.10. The second-order valence-corrected chi connectivity index (χ2v) is 13.4. The van der Waals surface area contributed by atoms with Crippen LogP contribution in [0.3, 0.4) is 0 Å². The predicted molar refractivity (Wildman–Crippen MR) is 209 cm³/mol. The minimum absolute atomic E-state index is 0.971. The van der Waals surface area contributed by atoms with Crippen LogP contribution in [0.15, 0.2) is 164 Å². The molecule has 0 spiro atoms. The van der Waals surface area contributed by atoms with Gasteiger partial charge in [-0.2, -0.15) is 0 Å². The first-order chi connectivity index (χ1) is 23.7. The summed E-state index contributed by atoms with van der Waals surface area (Å²) in [6.45, 7) is 4.57. The van der Waals surface area contributed by atoms with Gasteiger partial charge in [-0.05, 0) is 106 Å². The molecule has 7 aromatic carbocycles. The third-order valence-electron chi connectivity index (χ3n) is 9.49. The van der Waals surface area contributed by atoms with Crippen LogP contribution in [0.1, 0.15) is 25.0 Å². The Labute approximate surface area is 287 Å². The van der Waals surface area contributed by atoms with Gasteiger partial charge in [-0.3, -0.25) is 0 Å². The van der Waals surface area contributed by atoms with E-state index in [2.05, 4.69) is 183 Å². The van der Waals surface area contributed by atoms with E-state index < -0.39 is 0 Å². The number of fused-ring (bicyclic) bond motifs is 3. The van der Waals surface area contributed by atoms with E-state index in [9.17, 15) is 0 Å². The van der Waals surface area contributed by atoms with Crippen LogP contribution in [0.2, 0.25) is 0 Å². The first-order valence-electron chi connectivity index (χ1n) is 16.9.